The Kier molecular flexibility index (Phi) is 5.76. The fraction of sp³-hybridized carbons (Fsp3) is 0.235. The van der Waals surface area contributed by atoms with E-state index < -0.39 is 10.9 Å². The highest BCUT2D eigenvalue weighted by atomic mass is 35.5. The van der Waals surface area contributed by atoms with Gasteiger partial charge in [-0.2, -0.15) is 0 Å². The maximum absolute atomic E-state index is 12.0. The molecule has 2 aromatic carbocycles. The molecule has 2 rings (SSSR count). The first-order valence-electron chi connectivity index (χ1n) is 7.19. The molecule has 0 aliphatic carbocycles. The number of aryl methyl sites for hydroxylation is 2. The maximum atomic E-state index is 12.0. The molecule has 0 heterocycles. The van der Waals surface area contributed by atoms with Crippen LogP contribution in [0.1, 0.15) is 21.5 Å². The molecule has 0 radical (unpaired) electrons. The van der Waals surface area contributed by atoms with E-state index in [0.717, 1.165) is 17.2 Å². The van der Waals surface area contributed by atoms with Crippen molar-refractivity contribution in [2.24, 2.45) is 0 Å². The van der Waals surface area contributed by atoms with Crippen LogP contribution in [0, 0.1) is 24.0 Å². The van der Waals surface area contributed by atoms with E-state index in [1.165, 1.54) is 12.1 Å². The summed E-state index contributed by atoms with van der Waals surface area (Å²) in [4.78, 5) is 22.1. The Balaban J connectivity index is 1.91. The maximum Gasteiger partial charge on any atom is 0.340 e. The lowest BCUT2D eigenvalue weighted by atomic mass is 10.1. The summed E-state index contributed by atoms with van der Waals surface area (Å²) in [6.07, 6.45) is 0. The topological polar surface area (TPSA) is 78.7 Å². The van der Waals surface area contributed by atoms with Crippen molar-refractivity contribution in [3.63, 3.8) is 0 Å². The molecule has 0 amide bonds. The van der Waals surface area contributed by atoms with Gasteiger partial charge in [-0.05, 0) is 43.2 Å². The second kappa shape index (κ2) is 7.79. The van der Waals surface area contributed by atoms with Crippen molar-refractivity contribution in [2.75, 3.05) is 13.2 Å². The molecule has 0 N–H and O–H groups in total. The van der Waals surface area contributed by atoms with Crippen LogP contribution < -0.4 is 4.74 Å². The molecular formula is C17H16ClNO5. The Bertz CT molecular complexity index is 755. The van der Waals surface area contributed by atoms with E-state index in [0.29, 0.717) is 5.75 Å². The fourth-order valence-corrected chi connectivity index (χ4v) is 2.37. The van der Waals surface area contributed by atoms with Gasteiger partial charge in [0.15, 0.2) is 0 Å². The molecule has 0 aliphatic rings. The number of non-ortho nitro benzene ring substituents is 1. The minimum Gasteiger partial charge on any atom is -0.490 e. The number of carbonyl (C=O) groups excluding carboxylic acids is 1. The molecule has 24 heavy (non-hydrogen) atoms. The molecule has 0 bridgehead atoms. The van der Waals surface area contributed by atoms with Crippen LogP contribution in [0.25, 0.3) is 0 Å². The van der Waals surface area contributed by atoms with Crippen LogP contribution >= 0.6 is 11.6 Å². The molecule has 0 saturated heterocycles. The van der Waals surface area contributed by atoms with E-state index >= 15 is 0 Å². The van der Waals surface area contributed by atoms with E-state index in [1.807, 2.05) is 32.0 Å². The van der Waals surface area contributed by atoms with Gasteiger partial charge in [0, 0.05) is 12.1 Å². The number of hydrogen-bond acceptors (Lipinski definition) is 5. The van der Waals surface area contributed by atoms with Gasteiger partial charge in [0.1, 0.15) is 19.0 Å². The molecule has 0 atom stereocenters. The smallest absolute Gasteiger partial charge is 0.340 e. The second-order valence-corrected chi connectivity index (χ2v) is 5.64. The van der Waals surface area contributed by atoms with E-state index in [-0.39, 0.29) is 29.5 Å². The standard InChI is InChI=1S/C17H16ClNO5/c1-11-7-12(2)9-14(8-11)23-5-6-24-17(20)15-10-13(19(21)22)3-4-16(15)18/h3-4,7-10H,5-6H2,1-2H3. The van der Waals surface area contributed by atoms with Crippen LogP contribution in [0.2, 0.25) is 5.02 Å². The third-order valence-corrected chi connectivity index (χ3v) is 3.49. The predicted molar refractivity (Wildman–Crippen MR) is 89.8 cm³/mol. The first kappa shape index (κ1) is 17.7. The van der Waals surface area contributed by atoms with Crippen molar-refractivity contribution in [1.82, 2.24) is 0 Å². The summed E-state index contributed by atoms with van der Waals surface area (Å²) < 4.78 is 10.6. The number of esters is 1. The summed E-state index contributed by atoms with van der Waals surface area (Å²) in [5.74, 6) is -0.0374. The van der Waals surface area contributed by atoms with E-state index in [4.69, 9.17) is 21.1 Å². The highest BCUT2D eigenvalue weighted by Gasteiger charge is 2.17. The van der Waals surface area contributed by atoms with Gasteiger partial charge in [0.25, 0.3) is 5.69 Å². The summed E-state index contributed by atoms with van der Waals surface area (Å²) in [6.45, 7) is 4.10. The molecule has 0 aromatic heterocycles. The van der Waals surface area contributed by atoms with Gasteiger partial charge < -0.3 is 9.47 Å². The number of ether oxygens (including phenoxy) is 2. The van der Waals surface area contributed by atoms with Gasteiger partial charge in [-0.25, -0.2) is 4.79 Å². The van der Waals surface area contributed by atoms with Crippen LogP contribution in [-0.2, 0) is 4.74 Å². The summed E-state index contributed by atoms with van der Waals surface area (Å²) in [7, 11) is 0. The molecule has 2 aromatic rings. The van der Waals surface area contributed by atoms with Gasteiger partial charge in [-0.3, -0.25) is 10.1 Å². The van der Waals surface area contributed by atoms with Crippen molar-refractivity contribution in [3.05, 3.63) is 68.2 Å². The number of hydrogen-bond donors (Lipinski definition) is 0. The van der Waals surface area contributed by atoms with Crippen LogP contribution in [0.5, 0.6) is 5.75 Å². The molecule has 0 aliphatic heterocycles. The predicted octanol–water partition coefficient (Wildman–Crippen LogP) is 4.10. The summed E-state index contributed by atoms with van der Waals surface area (Å²) in [5.41, 5.74) is 1.88. The first-order chi connectivity index (χ1) is 11.4. The SMILES string of the molecule is Cc1cc(C)cc(OCCOC(=O)c2cc([N+](=O)[O-])ccc2Cl)c1. The lowest BCUT2D eigenvalue weighted by Crippen LogP contribution is -2.13. The molecule has 0 saturated carbocycles. The Hall–Kier alpha value is -2.60. The van der Waals surface area contributed by atoms with Gasteiger partial charge in [0.05, 0.1) is 15.5 Å². The van der Waals surface area contributed by atoms with Gasteiger partial charge in [-0.15, -0.1) is 0 Å². The molecular weight excluding hydrogens is 334 g/mol. The van der Waals surface area contributed by atoms with Crippen molar-refractivity contribution in [1.29, 1.82) is 0 Å². The first-order valence-corrected chi connectivity index (χ1v) is 7.57. The quantitative estimate of drug-likeness (QED) is 0.339. The van der Waals surface area contributed by atoms with Gasteiger partial charge in [-0.1, -0.05) is 17.7 Å². The average Bonchev–Trinajstić information content (AvgIpc) is 2.50. The Labute approximate surface area is 144 Å². The van der Waals surface area contributed by atoms with Gasteiger partial charge in [0.2, 0.25) is 0 Å². The second-order valence-electron chi connectivity index (χ2n) is 5.23. The Morgan fingerprint density at radius 3 is 2.42 bits per heavy atom. The zero-order valence-electron chi connectivity index (χ0n) is 13.2. The third kappa shape index (κ3) is 4.70. The third-order valence-electron chi connectivity index (χ3n) is 3.16. The minimum absolute atomic E-state index is 0.00481. The van der Waals surface area contributed by atoms with Crippen LogP contribution in [0.15, 0.2) is 36.4 Å². The lowest BCUT2D eigenvalue weighted by Gasteiger charge is -2.09. The van der Waals surface area contributed by atoms with E-state index in [9.17, 15) is 14.9 Å². The number of rotatable bonds is 6. The number of nitrogens with zero attached hydrogens (tertiary/aromatic N) is 1. The normalized spacial score (nSPS) is 10.3. The van der Waals surface area contributed by atoms with Crippen molar-refractivity contribution in [3.8, 4) is 5.75 Å². The van der Waals surface area contributed by atoms with Crippen molar-refractivity contribution >= 4 is 23.3 Å². The van der Waals surface area contributed by atoms with Crippen LogP contribution in [0.3, 0.4) is 0 Å². The average molecular weight is 350 g/mol. The number of nitro groups is 1. The molecule has 0 unspecified atom stereocenters. The molecule has 7 heteroatoms. The fourth-order valence-electron chi connectivity index (χ4n) is 2.17. The molecule has 0 spiro atoms. The molecule has 0 fully saturated rings. The zero-order chi connectivity index (χ0) is 17.7. The van der Waals surface area contributed by atoms with E-state index in [2.05, 4.69) is 0 Å². The Morgan fingerprint density at radius 1 is 1.12 bits per heavy atom. The van der Waals surface area contributed by atoms with E-state index in [1.54, 1.807) is 0 Å². The number of nitro benzene ring substituents is 1. The monoisotopic (exact) mass is 349 g/mol. The highest BCUT2D eigenvalue weighted by molar-refractivity contribution is 6.33. The van der Waals surface area contributed by atoms with Crippen molar-refractivity contribution in [2.45, 2.75) is 13.8 Å². The molecule has 6 nitrogen and oxygen atoms in total. The zero-order valence-corrected chi connectivity index (χ0v) is 14.0. The van der Waals surface area contributed by atoms with Crippen LogP contribution in [-0.4, -0.2) is 24.1 Å². The minimum atomic E-state index is -0.729. The molecule has 126 valence electrons. The largest absolute Gasteiger partial charge is 0.490 e. The number of benzene rings is 2. The lowest BCUT2D eigenvalue weighted by molar-refractivity contribution is -0.384. The Morgan fingerprint density at radius 2 is 1.79 bits per heavy atom. The van der Waals surface area contributed by atoms with Crippen molar-refractivity contribution < 1.29 is 19.2 Å². The number of carbonyl (C=O) groups is 1. The highest BCUT2D eigenvalue weighted by Crippen LogP contribution is 2.23. The number of halogens is 1. The summed E-state index contributed by atoms with van der Waals surface area (Å²) >= 11 is 5.88. The van der Waals surface area contributed by atoms with Crippen LogP contribution in [0.4, 0.5) is 5.69 Å². The summed E-state index contributed by atoms with van der Waals surface area (Å²) in [5, 5.41) is 10.8. The summed E-state index contributed by atoms with van der Waals surface area (Å²) in [6, 6.07) is 9.40. The van der Waals surface area contributed by atoms with Gasteiger partial charge >= 0.3 is 5.97 Å².